The Morgan fingerprint density at radius 3 is 2.27 bits per heavy atom. The van der Waals surface area contributed by atoms with Crippen LogP contribution >= 0.6 is 0 Å². The highest BCUT2D eigenvalue weighted by atomic mass is 16.2. The fraction of sp³-hybridized carbons (Fsp3) is 0.316. The lowest BCUT2D eigenvalue weighted by Gasteiger charge is -2.17. The summed E-state index contributed by atoms with van der Waals surface area (Å²) in [6.45, 7) is 10.1. The monoisotopic (exact) mass is 296 g/mol. The van der Waals surface area contributed by atoms with Crippen LogP contribution in [0, 0.1) is 27.7 Å². The smallest absolute Gasteiger partial charge is 0.246 e. The standard InChI is InChI=1S/C19H24N2O/c1-12-6-9-18(15(4)10-12)21-19(22)16(5)20-17-8-7-13(2)14(3)11-17/h6-11,16,20H,1-5H3,(H,21,22). The van der Waals surface area contributed by atoms with Gasteiger partial charge in [-0.3, -0.25) is 4.79 Å². The second kappa shape index (κ2) is 6.65. The number of amides is 1. The molecule has 3 nitrogen and oxygen atoms in total. The topological polar surface area (TPSA) is 41.1 Å². The molecule has 0 aliphatic rings. The van der Waals surface area contributed by atoms with Gasteiger partial charge in [0.15, 0.2) is 0 Å². The van der Waals surface area contributed by atoms with Gasteiger partial charge in [-0.25, -0.2) is 0 Å². The van der Waals surface area contributed by atoms with Crippen molar-refractivity contribution in [3.8, 4) is 0 Å². The first-order chi connectivity index (χ1) is 10.4. The Kier molecular flexibility index (Phi) is 4.86. The SMILES string of the molecule is Cc1ccc(NC(=O)C(C)Nc2ccc(C)c(C)c2)c(C)c1. The van der Waals surface area contributed by atoms with Crippen molar-refractivity contribution in [3.05, 3.63) is 58.7 Å². The van der Waals surface area contributed by atoms with E-state index in [-0.39, 0.29) is 11.9 Å². The van der Waals surface area contributed by atoms with Gasteiger partial charge in [0.05, 0.1) is 0 Å². The highest BCUT2D eigenvalue weighted by Crippen LogP contribution is 2.18. The molecule has 1 amide bonds. The fourth-order valence-corrected chi connectivity index (χ4v) is 2.34. The zero-order valence-corrected chi connectivity index (χ0v) is 13.9. The summed E-state index contributed by atoms with van der Waals surface area (Å²) in [4.78, 5) is 12.3. The van der Waals surface area contributed by atoms with E-state index in [9.17, 15) is 4.79 Å². The Labute approximate surface area is 132 Å². The molecule has 22 heavy (non-hydrogen) atoms. The third kappa shape index (κ3) is 3.88. The van der Waals surface area contributed by atoms with Gasteiger partial charge >= 0.3 is 0 Å². The lowest BCUT2D eigenvalue weighted by Crippen LogP contribution is -2.32. The van der Waals surface area contributed by atoms with Crippen molar-refractivity contribution in [2.45, 2.75) is 40.7 Å². The minimum atomic E-state index is -0.303. The summed E-state index contributed by atoms with van der Waals surface area (Å²) in [7, 11) is 0. The molecule has 0 aliphatic carbocycles. The second-order valence-electron chi connectivity index (χ2n) is 5.97. The molecule has 2 aromatic rings. The van der Waals surface area contributed by atoms with Gasteiger partial charge in [0.2, 0.25) is 5.91 Å². The summed E-state index contributed by atoms with van der Waals surface area (Å²) < 4.78 is 0. The molecule has 0 saturated heterocycles. The summed E-state index contributed by atoms with van der Waals surface area (Å²) in [5, 5.41) is 6.23. The Bertz CT molecular complexity index is 692. The molecule has 2 rings (SSSR count). The Balaban J connectivity index is 2.04. The van der Waals surface area contributed by atoms with Crippen molar-refractivity contribution in [1.29, 1.82) is 0 Å². The number of hydrogen-bond acceptors (Lipinski definition) is 2. The van der Waals surface area contributed by atoms with Gasteiger partial charge in [-0.2, -0.15) is 0 Å². The molecule has 0 saturated carbocycles. The molecule has 2 aromatic carbocycles. The van der Waals surface area contributed by atoms with Crippen LogP contribution in [-0.2, 0) is 4.79 Å². The quantitative estimate of drug-likeness (QED) is 0.880. The van der Waals surface area contributed by atoms with Crippen molar-refractivity contribution < 1.29 is 4.79 Å². The van der Waals surface area contributed by atoms with E-state index in [2.05, 4.69) is 42.7 Å². The van der Waals surface area contributed by atoms with Crippen LogP contribution in [0.2, 0.25) is 0 Å². The lowest BCUT2D eigenvalue weighted by atomic mass is 10.1. The summed E-state index contributed by atoms with van der Waals surface area (Å²) >= 11 is 0. The lowest BCUT2D eigenvalue weighted by molar-refractivity contribution is -0.116. The molecule has 0 fully saturated rings. The predicted octanol–water partition coefficient (Wildman–Crippen LogP) is 4.36. The zero-order valence-electron chi connectivity index (χ0n) is 13.9. The average Bonchev–Trinajstić information content (AvgIpc) is 2.45. The number of rotatable bonds is 4. The molecule has 3 heteroatoms. The van der Waals surface area contributed by atoms with E-state index < -0.39 is 0 Å². The molecule has 0 heterocycles. The zero-order chi connectivity index (χ0) is 16.3. The Hall–Kier alpha value is -2.29. The van der Waals surface area contributed by atoms with Crippen LogP contribution in [0.4, 0.5) is 11.4 Å². The van der Waals surface area contributed by atoms with Gasteiger partial charge in [-0.05, 0) is 69.5 Å². The normalized spacial score (nSPS) is 11.9. The molecule has 0 spiro atoms. The summed E-state index contributed by atoms with van der Waals surface area (Å²) in [5.74, 6) is -0.0369. The first-order valence-corrected chi connectivity index (χ1v) is 7.58. The van der Waals surface area contributed by atoms with Crippen molar-refractivity contribution in [1.82, 2.24) is 0 Å². The maximum absolute atomic E-state index is 12.3. The molecule has 0 aromatic heterocycles. The fourth-order valence-electron chi connectivity index (χ4n) is 2.34. The number of carbonyl (C=O) groups is 1. The number of aryl methyl sites for hydroxylation is 4. The van der Waals surface area contributed by atoms with Gasteiger partial charge in [-0.1, -0.05) is 23.8 Å². The van der Waals surface area contributed by atoms with Crippen LogP contribution in [0.3, 0.4) is 0 Å². The van der Waals surface area contributed by atoms with Crippen molar-refractivity contribution in [2.75, 3.05) is 10.6 Å². The van der Waals surface area contributed by atoms with Crippen LogP contribution in [0.25, 0.3) is 0 Å². The molecule has 0 radical (unpaired) electrons. The van der Waals surface area contributed by atoms with Gasteiger partial charge in [0.25, 0.3) is 0 Å². The van der Waals surface area contributed by atoms with Gasteiger partial charge in [-0.15, -0.1) is 0 Å². The van der Waals surface area contributed by atoms with Gasteiger partial charge in [0, 0.05) is 11.4 Å². The van der Waals surface area contributed by atoms with E-state index in [1.165, 1.54) is 16.7 Å². The minimum absolute atomic E-state index is 0.0369. The van der Waals surface area contributed by atoms with Crippen LogP contribution < -0.4 is 10.6 Å². The molecule has 0 aliphatic heterocycles. The van der Waals surface area contributed by atoms with E-state index >= 15 is 0 Å². The van der Waals surface area contributed by atoms with Crippen molar-refractivity contribution in [2.24, 2.45) is 0 Å². The Morgan fingerprint density at radius 1 is 0.909 bits per heavy atom. The number of hydrogen-bond donors (Lipinski definition) is 2. The van der Waals surface area contributed by atoms with Crippen LogP contribution in [0.5, 0.6) is 0 Å². The Morgan fingerprint density at radius 2 is 1.64 bits per heavy atom. The van der Waals surface area contributed by atoms with Crippen LogP contribution in [0.1, 0.15) is 29.2 Å². The summed E-state index contributed by atoms with van der Waals surface area (Å²) in [6, 6.07) is 11.8. The van der Waals surface area contributed by atoms with E-state index in [0.29, 0.717) is 0 Å². The number of carbonyl (C=O) groups excluding carboxylic acids is 1. The van der Waals surface area contributed by atoms with Crippen molar-refractivity contribution >= 4 is 17.3 Å². The summed E-state index contributed by atoms with van der Waals surface area (Å²) in [5.41, 5.74) is 6.56. The maximum Gasteiger partial charge on any atom is 0.246 e. The van der Waals surface area contributed by atoms with Crippen LogP contribution in [-0.4, -0.2) is 11.9 Å². The molecule has 1 unspecified atom stereocenters. The third-order valence-electron chi connectivity index (χ3n) is 3.92. The second-order valence-corrected chi connectivity index (χ2v) is 5.97. The van der Waals surface area contributed by atoms with Crippen molar-refractivity contribution in [3.63, 3.8) is 0 Å². The first-order valence-electron chi connectivity index (χ1n) is 7.58. The molecular weight excluding hydrogens is 272 g/mol. The maximum atomic E-state index is 12.3. The predicted molar refractivity (Wildman–Crippen MR) is 93.5 cm³/mol. The number of anilines is 2. The van der Waals surface area contributed by atoms with Gasteiger partial charge in [0.1, 0.15) is 6.04 Å². The molecule has 116 valence electrons. The molecular formula is C19H24N2O. The van der Waals surface area contributed by atoms with E-state index in [1.807, 2.05) is 39.0 Å². The average molecular weight is 296 g/mol. The molecule has 0 bridgehead atoms. The van der Waals surface area contributed by atoms with E-state index in [1.54, 1.807) is 0 Å². The highest BCUT2D eigenvalue weighted by Gasteiger charge is 2.14. The molecule has 2 N–H and O–H groups in total. The third-order valence-corrected chi connectivity index (χ3v) is 3.92. The van der Waals surface area contributed by atoms with E-state index in [0.717, 1.165) is 16.9 Å². The van der Waals surface area contributed by atoms with Crippen LogP contribution in [0.15, 0.2) is 36.4 Å². The summed E-state index contributed by atoms with van der Waals surface area (Å²) in [6.07, 6.45) is 0. The molecule has 1 atom stereocenters. The number of nitrogens with one attached hydrogen (secondary N) is 2. The first kappa shape index (κ1) is 16.1. The minimum Gasteiger partial charge on any atom is -0.374 e. The highest BCUT2D eigenvalue weighted by molar-refractivity contribution is 5.96. The largest absolute Gasteiger partial charge is 0.374 e. The van der Waals surface area contributed by atoms with E-state index in [4.69, 9.17) is 0 Å². The number of benzene rings is 2. The van der Waals surface area contributed by atoms with Gasteiger partial charge < -0.3 is 10.6 Å².